The fourth-order valence-electron chi connectivity index (χ4n) is 2.09. The Morgan fingerprint density at radius 3 is 2.82 bits per heavy atom. The van der Waals surface area contributed by atoms with E-state index in [-0.39, 0.29) is 12.2 Å². The molecule has 0 fully saturated rings. The molecular formula is C15H10BrFN2O3. The molecule has 7 heteroatoms. The van der Waals surface area contributed by atoms with Gasteiger partial charge in [-0.25, -0.2) is 9.18 Å². The van der Waals surface area contributed by atoms with E-state index in [4.69, 9.17) is 4.42 Å². The first-order chi connectivity index (χ1) is 10.5. The molecule has 3 aromatic rings. The third kappa shape index (κ3) is 2.80. The minimum absolute atomic E-state index is 0.0500. The van der Waals surface area contributed by atoms with E-state index >= 15 is 0 Å². The first kappa shape index (κ1) is 14.5. The van der Waals surface area contributed by atoms with Crippen LogP contribution >= 0.6 is 15.9 Å². The van der Waals surface area contributed by atoms with Gasteiger partial charge in [0.2, 0.25) is 5.91 Å². The van der Waals surface area contributed by atoms with Crippen molar-refractivity contribution in [2.24, 2.45) is 0 Å². The summed E-state index contributed by atoms with van der Waals surface area (Å²) in [4.78, 5) is 23.8. The molecule has 0 aliphatic heterocycles. The molecule has 0 radical (unpaired) electrons. The van der Waals surface area contributed by atoms with E-state index in [1.165, 1.54) is 16.7 Å². The van der Waals surface area contributed by atoms with Crippen LogP contribution in [0.2, 0.25) is 0 Å². The molecule has 0 atom stereocenters. The largest absolute Gasteiger partial charge is 0.420 e. The van der Waals surface area contributed by atoms with Crippen LogP contribution in [0, 0.1) is 5.82 Å². The summed E-state index contributed by atoms with van der Waals surface area (Å²) in [7, 11) is 0. The third-order valence-electron chi connectivity index (χ3n) is 3.08. The van der Waals surface area contributed by atoms with Gasteiger partial charge in [-0.3, -0.25) is 9.36 Å². The van der Waals surface area contributed by atoms with Crippen LogP contribution in [0.1, 0.15) is 0 Å². The van der Waals surface area contributed by atoms with Gasteiger partial charge in [-0.05, 0) is 30.3 Å². The summed E-state index contributed by atoms with van der Waals surface area (Å²) >= 11 is 3.14. The Kier molecular flexibility index (Phi) is 3.81. The smallest absolute Gasteiger partial charge is 0.408 e. The summed E-state index contributed by atoms with van der Waals surface area (Å²) in [5, 5.41) is 2.43. The number of carbonyl (C=O) groups excluding carboxylic acids is 1. The summed E-state index contributed by atoms with van der Waals surface area (Å²) in [6.45, 7) is -0.259. The highest BCUT2D eigenvalue weighted by Gasteiger charge is 2.13. The molecule has 112 valence electrons. The molecule has 0 spiro atoms. The topological polar surface area (TPSA) is 64.2 Å². The normalized spacial score (nSPS) is 10.8. The van der Waals surface area contributed by atoms with Crippen LogP contribution in [0.4, 0.5) is 10.1 Å². The molecule has 0 unspecified atom stereocenters. The molecule has 5 nitrogen and oxygen atoms in total. The Bertz CT molecular complexity index is 917. The van der Waals surface area contributed by atoms with Crippen molar-refractivity contribution >= 4 is 38.6 Å². The number of hydrogen-bond donors (Lipinski definition) is 1. The first-order valence-electron chi connectivity index (χ1n) is 6.38. The minimum atomic E-state index is -0.632. The zero-order valence-corrected chi connectivity index (χ0v) is 12.8. The Balaban J connectivity index is 1.84. The van der Waals surface area contributed by atoms with Gasteiger partial charge in [0.05, 0.1) is 11.2 Å². The molecule has 2 aromatic carbocycles. The molecule has 1 heterocycles. The van der Waals surface area contributed by atoms with E-state index in [1.807, 2.05) is 0 Å². The predicted octanol–water partition coefficient (Wildman–Crippen LogP) is 3.13. The Labute approximate surface area is 132 Å². The van der Waals surface area contributed by atoms with Crippen LogP contribution in [0.15, 0.2) is 56.1 Å². The lowest BCUT2D eigenvalue weighted by molar-refractivity contribution is -0.116. The second-order valence-corrected chi connectivity index (χ2v) is 5.51. The number of oxazole rings is 1. The lowest BCUT2D eigenvalue weighted by atomic mass is 10.3. The summed E-state index contributed by atoms with van der Waals surface area (Å²) in [6, 6.07) is 11.1. The number of fused-ring (bicyclic) bond motifs is 1. The second kappa shape index (κ2) is 5.76. The molecule has 0 saturated heterocycles. The molecule has 1 amide bonds. The Morgan fingerprint density at radius 2 is 2.05 bits per heavy atom. The van der Waals surface area contributed by atoms with Gasteiger partial charge in [0, 0.05) is 4.47 Å². The van der Waals surface area contributed by atoms with Crippen LogP contribution in [0.5, 0.6) is 0 Å². The summed E-state index contributed by atoms with van der Waals surface area (Å²) in [5.41, 5.74) is 0.961. The molecule has 1 N–H and O–H groups in total. The Morgan fingerprint density at radius 1 is 1.27 bits per heavy atom. The average Bonchev–Trinajstić information content (AvgIpc) is 2.78. The van der Waals surface area contributed by atoms with Gasteiger partial charge in [0.1, 0.15) is 12.4 Å². The van der Waals surface area contributed by atoms with E-state index in [0.717, 1.165) is 0 Å². The van der Waals surface area contributed by atoms with E-state index in [2.05, 4.69) is 21.2 Å². The molecule has 3 rings (SSSR count). The van der Waals surface area contributed by atoms with Gasteiger partial charge in [-0.2, -0.15) is 0 Å². The molecule has 0 aliphatic carbocycles. The highest BCUT2D eigenvalue weighted by Crippen LogP contribution is 2.19. The van der Waals surface area contributed by atoms with Crippen molar-refractivity contribution in [2.75, 3.05) is 5.32 Å². The monoisotopic (exact) mass is 364 g/mol. The number of rotatable bonds is 3. The molecule has 1 aromatic heterocycles. The summed E-state index contributed by atoms with van der Waals surface area (Å²) in [6.07, 6.45) is 0. The van der Waals surface area contributed by atoms with Crippen molar-refractivity contribution in [3.05, 3.63) is 63.3 Å². The number of nitrogens with one attached hydrogen (secondary N) is 1. The quantitative estimate of drug-likeness (QED) is 0.776. The van der Waals surface area contributed by atoms with E-state index in [0.29, 0.717) is 15.6 Å². The number of nitrogens with zero attached hydrogens (tertiary/aromatic N) is 1. The first-order valence-corrected chi connectivity index (χ1v) is 7.17. The molecule has 0 saturated carbocycles. The van der Waals surface area contributed by atoms with Crippen molar-refractivity contribution < 1.29 is 13.6 Å². The van der Waals surface area contributed by atoms with E-state index in [1.54, 1.807) is 30.3 Å². The number of hydrogen-bond acceptors (Lipinski definition) is 3. The van der Waals surface area contributed by atoms with Gasteiger partial charge in [-0.15, -0.1) is 0 Å². The van der Waals surface area contributed by atoms with Gasteiger partial charge in [-0.1, -0.05) is 28.1 Å². The SMILES string of the molecule is O=C(Cn1c(=O)oc2ccccc21)Nc1ccc(Br)cc1F. The zero-order valence-electron chi connectivity index (χ0n) is 11.2. The van der Waals surface area contributed by atoms with Gasteiger partial charge < -0.3 is 9.73 Å². The van der Waals surface area contributed by atoms with Gasteiger partial charge in [0.25, 0.3) is 0 Å². The number of carbonyl (C=O) groups is 1. The van der Waals surface area contributed by atoms with Crippen molar-refractivity contribution in [2.45, 2.75) is 6.54 Å². The maximum atomic E-state index is 13.7. The van der Waals surface area contributed by atoms with Crippen molar-refractivity contribution in [3.8, 4) is 0 Å². The molecule has 22 heavy (non-hydrogen) atoms. The number of aromatic nitrogens is 1. The fraction of sp³-hybridized carbons (Fsp3) is 0.0667. The number of benzene rings is 2. The maximum Gasteiger partial charge on any atom is 0.420 e. The number of para-hydroxylation sites is 2. The molecule has 0 bridgehead atoms. The average molecular weight is 365 g/mol. The second-order valence-electron chi connectivity index (χ2n) is 4.59. The maximum absolute atomic E-state index is 13.7. The van der Waals surface area contributed by atoms with Gasteiger partial charge in [0.15, 0.2) is 5.58 Å². The van der Waals surface area contributed by atoms with Crippen molar-refractivity contribution in [3.63, 3.8) is 0 Å². The number of anilines is 1. The standard InChI is InChI=1S/C15H10BrFN2O3/c16-9-5-6-11(10(17)7-9)18-14(20)8-19-12-3-1-2-4-13(12)22-15(19)21/h1-7H,8H2,(H,18,20). The summed E-state index contributed by atoms with van der Waals surface area (Å²) in [5.74, 6) is -1.71. The minimum Gasteiger partial charge on any atom is -0.408 e. The molecule has 0 aliphatic rings. The fourth-order valence-corrected chi connectivity index (χ4v) is 2.42. The highest BCUT2D eigenvalue weighted by molar-refractivity contribution is 9.10. The number of halogens is 2. The highest BCUT2D eigenvalue weighted by atomic mass is 79.9. The van der Waals surface area contributed by atoms with E-state index in [9.17, 15) is 14.0 Å². The lowest BCUT2D eigenvalue weighted by Crippen LogP contribution is -2.25. The zero-order chi connectivity index (χ0) is 15.7. The van der Waals surface area contributed by atoms with Crippen LogP contribution in [-0.4, -0.2) is 10.5 Å². The van der Waals surface area contributed by atoms with Crippen LogP contribution in [0.25, 0.3) is 11.1 Å². The van der Waals surface area contributed by atoms with Crippen LogP contribution < -0.4 is 11.1 Å². The third-order valence-corrected chi connectivity index (χ3v) is 3.57. The van der Waals surface area contributed by atoms with Crippen molar-refractivity contribution in [1.82, 2.24) is 4.57 Å². The summed E-state index contributed by atoms with van der Waals surface area (Å²) < 4.78 is 20.5. The lowest BCUT2D eigenvalue weighted by Gasteiger charge is -2.07. The molecular weight excluding hydrogens is 355 g/mol. The van der Waals surface area contributed by atoms with Crippen LogP contribution in [0.3, 0.4) is 0 Å². The van der Waals surface area contributed by atoms with E-state index < -0.39 is 17.5 Å². The predicted molar refractivity (Wildman–Crippen MR) is 83.2 cm³/mol. The van der Waals surface area contributed by atoms with Gasteiger partial charge >= 0.3 is 5.76 Å². The van der Waals surface area contributed by atoms with Crippen molar-refractivity contribution in [1.29, 1.82) is 0 Å². The van der Waals surface area contributed by atoms with Crippen LogP contribution in [-0.2, 0) is 11.3 Å². The Hall–Kier alpha value is -2.41. The number of amides is 1.